The topological polar surface area (TPSA) is 84.9 Å². The lowest BCUT2D eigenvalue weighted by molar-refractivity contribution is 0.0988. The molecule has 3 aromatic rings. The Kier molecular flexibility index (Phi) is 5.56. The van der Waals surface area contributed by atoms with E-state index in [1.165, 1.54) is 18.2 Å². The molecule has 0 saturated heterocycles. The number of hydrogen-bond donors (Lipinski definition) is 1. The van der Waals surface area contributed by atoms with E-state index in [4.69, 9.17) is 9.47 Å². The zero-order valence-corrected chi connectivity index (χ0v) is 18.0. The number of carbonyl (C=O) groups is 1. The van der Waals surface area contributed by atoms with Gasteiger partial charge in [-0.1, -0.05) is 12.1 Å². The van der Waals surface area contributed by atoms with Crippen LogP contribution in [0.25, 0.3) is 0 Å². The van der Waals surface area contributed by atoms with Crippen LogP contribution in [0, 0.1) is 0 Å². The van der Waals surface area contributed by atoms with Gasteiger partial charge in [-0.3, -0.25) is 9.52 Å². The van der Waals surface area contributed by atoms with Gasteiger partial charge in [-0.05, 0) is 68.4 Å². The van der Waals surface area contributed by atoms with Crippen molar-refractivity contribution in [3.05, 3.63) is 72.3 Å². The zero-order chi connectivity index (χ0) is 22.0. The fourth-order valence-electron chi connectivity index (χ4n) is 3.40. The van der Waals surface area contributed by atoms with Crippen LogP contribution in [-0.2, 0) is 10.0 Å². The number of nitrogens with zero attached hydrogens (tertiary/aromatic N) is 1. The molecule has 1 aliphatic rings. The second-order valence-electron chi connectivity index (χ2n) is 6.84. The number of anilines is 2. The van der Waals surface area contributed by atoms with Crippen molar-refractivity contribution in [2.24, 2.45) is 0 Å². The highest BCUT2D eigenvalue weighted by atomic mass is 32.2. The monoisotopic (exact) mass is 438 g/mol. The van der Waals surface area contributed by atoms with Crippen LogP contribution in [0.2, 0.25) is 0 Å². The predicted molar refractivity (Wildman–Crippen MR) is 119 cm³/mol. The Morgan fingerprint density at radius 2 is 1.71 bits per heavy atom. The van der Waals surface area contributed by atoms with E-state index in [1.807, 2.05) is 32.0 Å². The zero-order valence-electron chi connectivity index (χ0n) is 17.2. The van der Waals surface area contributed by atoms with Crippen LogP contribution < -0.4 is 19.1 Å². The van der Waals surface area contributed by atoms with Gasteiger partial charge in [0.25, 0.3) is 15.9 Å². The number of carbonyl (C=O) groups excluding carboxylic acids is 1. The molecule has 0 saturated carbocycles. The van der Waals surface area contributed by atoms with Gasteiger partial charge in [-0.15, -0.1) is 0 Å². The first-order valence-corrected chi connectivity index (χ1v) is 11.4. The number of amides is 1. The number of ether oxygens (including phenoxy) is 2. The van der Waals surface area contributed by atoms with Crippen LogP contribution in [-0.4, -0.2) is 27.5 Å². The van der Waals surface area contributed by atoms with E-state index in [9.17, 15) is 13.2 Å². The third-order valence-electron chi connectivity index (χ3n) is 4.84. The van der Waals surface area contributed by atoms with Gasteiger partial charge >= 0.3 is 0 Å². The van der Waals surface area contributed by atoms with Crippen molar-refractivity contribution in [1.29, 1.82) is 0 Å². The largest absolute Gasteiger partial charge is 0.494 e. The van der Waals surface area contributed by atoms with Crippen LogP contribution in [0.1, 0.15) is 24.2 Å². The minimum absolute atomic E-state index is 0.0936. The first kappa shape index (κ1) is 20.7. The summed E-state index contributed by atoms with van der Waals surface area (Å²) < 4.78 is 39.5. The van der Waals surface area contributed by atoms with Gasteiger partial charge in [0, 0.05) is 12.2 Å². The van der Waals surface area contributed by atoms with Gasteiger partial charge in [0.15, 0.2) is 5.75 Å². The third-order valence-corrected chi connectivity index (χ3v) is 6.24. The molecule has 0 aliphatic carbocycles. The molecule has 4 rings (SSSR count). The smallest absolute Gasteiger partial charge is 0.262 e. The molecule has 0 bridgehead atoms. The molecule has 0 unspecified atom stereocenters. The highest BCUT2D eigenvalue weighted by molar-refractivity contribution is 7.92. The molecule has 0 atom stereocenters. The first-order chi connectivity index (χ1) is 14.9. The van der Waals surface area contributed by atoms with Gasteiger partial charge in [-0.25, -0.2) is 8.42 Å². The van der Waals surface area contributed by atoms with E-state index in [2.05, 4.69) is 4.72 Å². The number of fused-ring (bicyclic) bond motifs is 2. The summed E-state index contributed by atoms with van der Waals surface area (Å²) >= 11 is 0. The lowest BCUT2D eigenvalue weighted by Crippen LogP contribution is -2.29. The van der Waals surface area contributed by atoms with E-state index in [0.717, 1.165) is 0 Å². The number of para-hydroxylation sites is 2. The lowest BCUT2D eigenvalue weighted by Gasteiger charge is -2.20. The summed E-state index contributed by atoms with van der Waals surface area (Å²) in [6, 6.07) is 18.1. The number of hydrogen-bond acceptors (Lipinski definition) is 5. The molecule has 3 aromatic carbocycles. The van der Waals surface area contributed by atoms with Gasteiger partial charge in [0.05, 0.1) is 22.8 Å². The molecular weight excluding hydrogens is 416 g/mol. The lowest BCUT2D eigenvalue weighted by atomic mass is 10.1. The van der Waals surface area contributed by atoms with Crippen LogP contribution in [0.3, 0.4) is 0 Å². The minimum atomic E-state index is -3.84. The molecular formula is C23H22N2O5S. The number of benzene rings is 3. The van der Waals surface area contributed by atoms with E-state index < -0.39 is 10.0 Å². The molecule has 1 aliphatic heterocycles. The second kappa shape index (κ2) is 8.31. The van der Waals surface area contributed by atoms with E-state index in [1.54, 1.807) is 35.2 Å². The highest BCUT2D eigenvalue weighted by Gasteiger charge is 2.28. The Balaban J connectivity index is 1.65. The van der Waals surface area contributed by atoms with Gasteiger partial charge in [0.1, 0.15) is 11.5 Å². The van der Waals surface area contributed by atoms with Gasteiger partial charge < -0.3 is 14.4 Å². The molecule has 0 aromatic heterocycles. The van der Waals surface area contributed by atoms with Crippen LogP contribution in [0.5, 0.6) is 17.2 Å². The molecule has 0 spiro atoms. The van der Waals surface area contributed by atoms with Crippen LogP contribution in [0.4, 0.5) is 11.4 Å². The average Bonchev–Trinajstić information content (AvgIpc) is 2.88. The first-order valence-electron chi connectivity index (χ1n) is 9.91. The Morgan fingerprint density at radius 1 is 0.968 bits per heavy atom. The fraction of sp³-hybridized carbons (Fsp3) is 0.174. The maximum atomic E-state index is 13.2. The number of nitrogens with one attached hydrogen (secondary N) is 1. The number of sulfonamides is 1. The van der Waals surface area contributed by atoms with E-state index >= 15 is 0 Å². The number of rotatable bonds is 6. The molecule has 1 heterocycles. The van der Waals surface area contributed by atoms with Crippen molar-refractivity contribution < 1.29 is 22.7 Å². The summed E-state index contributed by atoms with van der Waals surface area (Å²) in [5.74, 6) is 1.27. The Bertz CT molecular complexity index is 1220. The Labute approximate surface area is 181 Å². The quantitative estimate of drug-likeness (QED) is 0.605. The minimum Gasteiger partial charge on any atom is -0.494 e. The van der Waals surface area contributed by atoms with Crippen molar-refractivity contribution in [3.63, 3.8) is 0 Å². The fourth-order valence-corrected chi connectivity index (χ4v) is 4.45. The summed E-state index contributed by atoms with van der Waals surface area (Å²) in [6.07, 6.45) is 0. The summed E-state index contributed by atoms with van der Waals surface area (Å²) in [7, 11) is -3.84. The summed E-state index contributed by atoms with van der Waals surface area (Å²) in [4.78, 5) is 14.9. The van der Waals surface area contributed by atoms with Gasteiger partial charge in [0.2, 0.25) is 0 Å². The molecule has 31 heavy (non-hydrogen) atoms. The van der Waals surface area contributed by atoms with Crippen molar-refractivity contribution in [3.8, 4) is 17.2 Å². The van der Waals surface area contributed by atoms with Crippen LogP contribution in [0.15, 0.2) is 71.6 Å². The van der Waals surface area contributed by atoms with Gasteiger partial charge in [-0.2, -0.15) is 0 Å². The van der Waals surface area contributed by atoms with Crippen molar-refractivity contribution in [1.82, 2.24) is 0 Å². The second-order valence-corrected chi connectivity index (χ2v) is 8.52. The summed E-state index contributed by atoms with van der Waals surface area (Å²) in [5.41, 5.74) is 1.22. The standard InChI is InChI=1S/C23H22N2O5S/c1-3-25-20-7-5-6-8-22(20)30-21-14-9-16(15-19(21)23(25)26)24-31(27,28)18-12-10-17(11-13-18)29-4-2/h5-15,24H,3-4H2,1-2H3. The normalized spacial score (nSPS) is 13.0. The Morgan fingerprint density at radius 3 is 2.42 bits per heavy atom. The molecule has 7 nitrogen and oxygen atoms in total. The highest BCUT2D eigenvalue weighted by Crippen LogP contribution is 2.39. The molecule has 1 N–H and O–H groups in total. The van der Waals surface area contributed by atoms with Crippen molar-refractivity contribution in [2.75, 3.05) is 22.8 Å². The summed E-state index contributed by atoms with van der Waals surface area (Å²) in [5, 5.41) is 0. The molecule has 0 radical (unpaired) electrons. The molecule has 8 heteroatoms. The van der Waals surface area contributed by atoms with E-state index in [0.29, 0.717) is 36.1 Å². The SMILES string of the molecule is CCOc1ccc(S(=O)(=O)Nc2ccc3c(c2)C(=O)N(CC)c2ccccc2O3)cc1. The maximum absolute atomic E-state index is 13.2. The Hall–Kier alpha value is -3.52. The molecule has 0 fully saturated rings. The summed E-state index contributed by atoms with van der Waals surface area (Å²) in [6.45, 7) is 4.67. The molecule has 160 valence electrons. The predicted octanol–water partition coefficient (Wildman–Crippen LogP) is 4.66. The average molecular weight is 439 g/mol. The van der Waals surface area contributed by atoms with Crippen LogP contribution >= 0.6 is 0 Å². The third kappa shape index (κ3) is 4.06. The maximum Gasteiger partial charge on any atom is 0.262 e. The van der Waals surface area contributed by atoms with Crippen molar-refractivity contribution >= 4 is 27.3 Å². The van der Waals surface area contributed by atoms with Crippen molar-refractivity contribution in [2.45, 2.75) is 18.7 Å². The van der Waals surface area contributed by atoms with E-state index in [-0.39, 0.29) is 22.1 Å². The molecule has 1 amide bonds.